The van der Waals surface area contributed by atoms with Crippen LogP contribution in [0.15, 0.2) is 5.22 Å². The second kappa shape index (κ2) is 14.5. The highest BCUT2D eigenvalue weighted by atomic mass is 19.1. The van der Waals surface area contributed by atoms with Crippen molar-refractivity contribution >= 4 is 29.8 Å². The lowest BCUT2D eigenvalue weighted by molar-refractivity contribution is -0.140. The van der Waals surface area contributed by atoms with Crippen LogP contribution in [0.3, 0.4) is 0 Å². The quantitative estimate of drug-likeness (QED) is 0.0721. The summed E-state index contributed by atoms with van der Waals surface area (Å²) < 4.78 is 13.0. The van der Waals surface area contributed by atoms with Gasteiger partial charge in [-0.05, 0) is 32.6 Å². The number of nitrogens with zero attached hydrogens (tertiary/aromatic N) is 2. The van der Waals surface area contributed by atoms with Gasteiger partial charge in [-0.25, -0.2) is 23.8 Å². The maximum Gasteiger partial charge on any atom is 0.326 e. The maximum absolute atomic E-state index is 13.0. The number of rotatable bonds is 16. The molecule has 0 aliphatic heterocycles. The minimum atomic E-state index is -1.61. The zero-order valence-corrected chi connectivity index (χ0v) is 16.8. The number of carboxylic acids is 3. The van der Waals surface area contributed by atoms with Gasteiger partial charge >= 0.3 is 23.9 Å². The molecule has 0 saturated carbocycles. The van der Waals surface area contributed by atoms with Gasteiger partial charge in [0.15, 0.2) is 6.30 Å². The Labute approximate surface area is 176 Å². The van der Waals surface area contributed by atoms with Crippen LogP contribution in [0.1, 0.15) is 39.0 Å². The van der Waals surface area contributed by atoms with E-state index in [9.17, 15) is 33.5 Å². The summed E-state index contributed by atoms with van der Waals surface area (Å²) in [5.41, 5.74) is 6.75. The molecule has 1 unspecified atom stereocenters. The first-order valence-corrected chi connectivity index (χ1v) is 9.27. The Hall–Kier alpha value is -3.52. The van der Waals surface area contributed by atoms with Gasteiger partial charge in [0.1, 0.15) is 18.6 Å². The number of hydrogen-bond acceptors (Lipinski definition) is 7. The molecule has 3 atom stereocenters. The van der Waals surface area contributed by atoms with E-state index in [0.29, 0.717) is 11.4 Å². The molecule has 0 aliphatic rings. The van der Waals surface area contributed by atoms with Gasteiger partial charge in [-0.1, -0.05) is 5.22 Å². The van der Waals surface area contributed by atoms with Crippen LogP contribution in [0, 0.1) is 5.53 Å². The molecule has 0 fully saturated rings. The van der Waals surface area contributed by atoms with Crippen molar-refractivity contribution in [1.29, 1.82) is 5.53 Å². The first-order chi connectivity index (χ1) is 14.5. The summed E-state index contributed by atoms with van der Waals surface area (Å²) in [5, 5.41) is 36.8. The van der Waals surface area contributed by atoms with Gasteiger partial charge in [0.25, 0.3) is 0 Å². The summed E-state index contributed by atoms with van der Waals surface area (Å²) >= 11 is 0. The number of amides is 3. The molecule has 15 heteroatoms. The van der Waals surface area contributed by atoms with E-state index in [1.807, 2.05) is 5.32 Å². The minimum absolute atomic E-state index is 0.0266. The van der Waals surface area contributed by atoms with Crippen LogP contribution in [0.25, 0.3) is 0 Å². The van der Waals surface area contributed by atoms with Crippen molar-refractivity contribution in [2.75, 3.05) is 13.1 Å². The zero-order chi connectivity index (χ0) is 24.0. The Balaban J connectivity index is 4.40. The lowest BCUT2D eigenvalue weighted by Gasteiger charge is -2.18. The van der Waals surface area contributed by atoms with Crippen molar-refractivity contribution in [1.82, 2.24) is 21.0 Å². The second-order valence-electron chi connectivity index (χ2n) is 6.45. The van der Waals surface area contributed by atoms with Crippen LogP contribution in [-0.2, 0) is 19.2 Å². The van der Waals surface area contributed by atoms with Crippen LogP contribution >= 0.6 is 0 Å². The third-order valence-corrected chi connectivity index (χ3v) is 3.94. The van der Waals surface area contributed by atoms with Crippen LogP contribution in [0.2, 0.25) is 0 Å². The van der Waals surface area contributed by atoms with Crippen molar-refractivity contribution in [3.8, 4) is 0 Å². The summed E-state index contributed by atoms with van der Waals surface area (Å²) in [4.78, 5) is 56.4. The molecule has 0 spiro atoms. The van der Waals surface area contributed by atoms with Crippen molar-refractivity contribution in [3.63, 3.8) is 0 Å². The van der Waals surface area contributed by atoms with E-state index >= 15 is 0 Å². The molecule has 14 nitrogen and oxygen atoms in total. The second-order valence-corrected chi connectivity index (χ2v) is 6.45. The van der Waals surface area contributed by atoms with Gasteiger partial charge in [-0.2, -0.15) is 5.53 Å². The molecule has 0 radical (unpaired) electrons. The van der Waals surface area contributed by atoms with Gasteiger partial charge in [0, 0.05) is 13.0 Å². The van der Waals surface area contributed by atoms with E-state index < -0.39 is 61.2 Å². The third kappa shape index (κ3) is 12.6. The molecule has 7 N–H and O–H groups in total. The standard InChI is InChI=1S/C16H27FN6O8/c1-9(17)23(22-18)8-12(24)19-7-3-2-4-10(14(27)28)20-16(31)21-11(15(29)30)5-6-13(25)26/h9-11,18H,2-8H2,1H3,(H,19,24)(H,25,26)(H,27,28)(H,29,30)(H2,20,21,31)/t9?,10-,11-/m0/s1. The normalized spacial score (nSPS) is 13.2. The molecule has 0 bridgehead atoms. The Bertz CT molecular complexity index is 662. The number of alkyl halides is 1. The average Bonchev–Trinajstić information content (AvgIpc) is 2.67. The molecule has 3 amide bonds. The molecule has 0 aromatic heterocycles. The van der Waals surface area contributed by atoms with Crippen LogP contribution in [-0.4, -0.2) is 81.6 Å². The minimum Gasteiger partial charge on any atom is -0.481 e. The summed E-state index contributed by atoms with van der Waals surface area (Å²) in [6, 6.07) is -3.91. The number of halogens is 1. The fraction of sp³-hybridized carbons (Fsp3) is 0.688. The van der Waals surface area contributed by atoms with E-state index in [1.165, 1.54) is 0 Å². The smallest absolute Gasteiger partial charge is 0.326 e. The predicted octanol–water partition coefficient (Wildman–Crippen LogP) is -0.0932. The molecule has 0 rings (SSSR count). The molecule has 0 saturated heterocycles. The average molecular weight is 450 g/mol. The van der Waals surface area contributed by atoms with Crippen molar-refractivity contribution in [2.45, 2.75) is 57.4 Å². The molecule has 176 valence electrons. The monoisotopic (exact) mass is 450 g/mol. The first-order valence-electron chi connectivity index (χ1n) is 9.27. The van der Waals surface area contributed by atoms with Crippen LogP contribution in [0.4, 0.5) is 9.18 Å². The lowest BCUT2D eigenvalue weighted by atomic mass is 10.1. The number of nitrogens with one attached hydrogen (secondary N) is 4. The van der Waals surface area contributed by atoms with E-state index in [4.69, 9.17) is 15.7 Å². The summed E-state index contributed by atoms with van der Waals surface area (Å²) in [7, 11) is 0. The van der Waals surface area contributed by atoms with Gasteiger partial charge in [0.05, 0.1) is 0 Å². The van der Waals surface area contributed by atoms with Crippen molar-refractivity contribution < 1.29 is 43.7 Å². The summed E-state index contributed by atoms with van der Waals surface area (Å²) in [5.74, 6) is -4.64. The molecule has 31 heavy (non-hydrogen) atoms. The Morgan fingerprint density at radius 3 is 2.00 bits per heavy atom. The highest BCUT2D eigenvalue weighted by molar-refractivity contribution is 5.86. The van der Waals surface area contributed by atoms with Crippen LogP contribution in [0.5, 0.6) is 0 Å². The van der Waals surface area contributed by atoms with E-state index in [1.54, 1.807) is 0 Å². The van der Waals surface area contributed by atoms with E-state index in [-0.39, 0.29) is 25.8 Å². The fourth-order valence-corrected chi connectivity index (χ4v) is 2.29. The van der Waals surface area contributed by atoms with Gasteiger partial charge < -0.3 is 31.3 Å². The summed E-state index contributed by atoms with van der Waals surface area (Å²) in [6.07, 6.45) is -1.91. The largest absolute Gasteiger partial charge is 0.481 e. The number of hydrogen-bond donors (Lipinski definition) is 7. The molecule has 0 heterocycles. The van der Waals surface area contributed by atoms with Crippen molar-refractivity contribution in [3.05, 3.63) is 0 Å². The number of urea groups is 1. The highest BCUT2D eigenvalue weighted by Gasteiger charge is 2.24. The Morgan fingerprint density at radius 1 is 1.00 bits per heavy atom. The SMILES string of the molecule is CC(F)N(CC(=O)NCCCC[C@H](NC(=O)N[C@@H](CCC(=O)O)C(=O)O)C(=O)O)N=N. The Morgan fingerprint density at radius 2 is 1.55 bits per heavy atom. The molecular formula is C16H27FN6O8. The number of carbonyl (C=O) groups is 5. The first kappa shape index (κ1) is 27.5. The van der Waals surface area contributed by atoms with Crippen molar-refractivity contribution in [2.24, 2.45) is 5.22 Å². The van der Waals surface area contributed by atoms with E-state index in [2.05, 4.69) is 15.9 Å². The third-order valence-electron chi connectivity index (χ3n) is 3.94. The van der Waals surface area contributed by atoms with Crippen LogP contribution < -0.4 is 16.0 Å². The molecule has 0 aromatic rings. The lowest BCUT2D eigenvalue weighted by Crippen LogP contribution is -2.51. The number of aliphatic carboxylic acids is 3. The highest BCUT2D eigenvalue weighted by Crippen LogP contribution is 2.03. The summed E-state index contributed by atoms with van der Waals surface area (Å²) in [6.45, 7) is 0.804. The van der Waals surface area contributed by atoms with Gasteiger partial charge in [-0.3, -0.25) is 9.59 Å². The topological polar surface area (TPSA) is 222 Å². The number of carbonyl (C=O) groups excluding carboxylic acids is 2. The Kier molecular flexibility index (Phi) is 12.8. The molecule has 0 aliphatic carbocycles. The van der Waals surface area contributed by atoms with Gasteiger partial charge in [-0.15, -0.1) is 0 Å². The number of carboxylic acid groups (broad SMARTS) is 3. The number of unbranched alkanes of at least 4 members (excludes halogenated alkanes) is 1. The molecule has 0 aromatic carbocycles. The van der Waals surface area contributed by atoms with E-state index in [0.717, 1.165) is 6.92 Å². The predicted molar refractivity (Wildman–Crippen MR) is 101 cm³/mol. The molecular weight excluding hydrogens is 423 g/mol. The van der Waals surface area contributed by atoms with Gasteiger partial charge in [0.2, 0.25) is 5.91 Å². The zero-order valence-electron chi connectivity index (χ0n) is 16.8. The fourth-order valence-electron chi connectivity index (χ4n) is 2.29. The maximum atomic E-state index is 13.0.